The van der Waals surface area contributed by atoms with Crippen LogP contribution in [-0.4, -0.2) is 22.3 Å². The van der Waals surface area contributed by atoms with Crippen molar-refractivity contribution in [3.8, 4) is 11.5 Å². The van der Waals surface area contributed by atoms with Crippen LogP contribution >= 0.6 is 12.6 Å². The first-order chi connectivity index (χ1) is 17.8. The molecule has 0 aromatic heterocycles. The van der Waals surface area contributed by atoms with Gasteiger partial charge in [0.25, 0.3) is 5.91 Å². The second kappa shape index (κ2) is 10.7. The molecule has 1 fully saturated rings. The van der Waals surface area contributed by atoms with Crippen molar-refractivity contribution in [2.24, 2.45) is 11.8 Å². The molecule has 0 bridgehead atoms. The molecular weight excluding hydrogens is 492 g/mol. The highest BCUT2D eigenvalue weighted by Crippen LogP contribution is 2.41. The van der Waals surface area contributed by atoms with E-state index in [9.17, 15) is 13.6 Å². The molecule has 194 valence electrons. The number of ether oxygens (including phenoxy) is 2. The number of carbonyl (C=O) groups excluding carboxylic acids is 1. The van der Waals surface area contributed by atoms with Crippen molar-refractivity contribution in [1.29, 1.82) is 0 Å². The topological polar surface area (TPSA) is 38.8 Å². The van der Waals surface area contributed by atoms with Gasteiger partial charge in [-0.3, -0.25) is 4.79 Å². The maximum Gasteiger partial charge on any atom is 0.254 e. The van der Waals surface area contributed by atoms with E-state index in [-0.39, 0.29) is 30.0 Å². The summed E-state index contributed by atoms with van der Waals surface area (Å²) in [7, 11) is 0. The molecule has 1 amide bonds. The number of hydrogen-bond acceptors (Lipinski definition) is 4. The van der Waals surface area contributed by atoms with Crippen LogP contribution in [-0.2, 0) is 13.2 Å². The summed E-state index contributed by atoms with van der Waals surface area (Å²) in [6.45, 7) is 3.22. The average molecular weight is 524 g/mol. The van der Waals surface area contributed by atoms with E-state index in [1.807, 2.05) is 42.2 Å². The number of hydrogen-bond donors (Lipinski definition) is 1. The van der Waals surface area contributed by atoms with E-state index in [1.165, 1.54) is 18.2 Å². The maximum atomic E-state index is 14.7. The molecule has 3 aromatic carbocycles. The molecule has 5 rings (SSSR count). The van der Waals surface area contributed by atoms with Crippen LogP contribution in [0.5, 0.6) is 11.5 Å². The summed E-state index contributed by atoms with van der Waals surface area (Å²) in [5, 5.41) is 0. The maximum absolute atomic E-state index is 14.7. The fraction of sp³-hybridized carbons (Fsp3) is 0.367. The number of thiol groups is 1. The second-order valence-electron chi connectivity index (χ2n) is 10.2. The van der Waals surface area contributed by atoms with Crippen LogP contribution in [0, 0.1) is 23.5 Å². The normalized spacial score (nSPS) is 20.9. The lowest BCUT2D eigenvalue weighted by atomic mass is 9.79. The zero-order valence-electron chi connectivity index (χ0n) is 20.8. The van der Waals surface area contributed by atoms with Crippen LogP contribution in [0.4, 0.5) is 8.78 Å². The number of nitrogens with zero attached hydrogens (tertiary/aromatic N) is 1. The molecule has 1 saturated carbocycles. The first kappa shape index (κ1) is 25.6. The number of halogens is 2. The van der Waals surface area contributed by atoms with Gasteiger partial charge in [-0.25, -0.2) is 8.78 Å². The van der Waals surface area contributed by atoms with Gasteiger partial charge in [-0.15, -0.1) is 12.6 Å². The Kier molecular flexibility index (Phi) is 7.43. The van der Waals surface area contributed by atoms with Gasteiger partial charge < -0.3 is 14.4 Å². The van der Waals surface area contributed by atoms with Gasteiger partial charge in [-0.1, -0.05) is 36.4 Å². The van der Waals surface area contributed by atoms with Crippen molar-refractivity contribution < 1.29 is 23.0 Å². The van der Waals surface area contributed by atoms with Crippen LogP contribution in [0.3, 0.4) is 0 Å². The average Bonchev–Trinajstić information content (AvgIpc) is 3.17. The van der Waals surface area contributed by atoms with E-state index in [0.29, 0.717) is 35.9 Å². The molecule has 1 unspecified atom stereocenters. The molecule has 3 aromatic rings. The third kappa shape index (κ3) is 5.93. The van der Waals surface area contributed by atoms with Gasteiger partial charge in [0.15, 0.2) is 16.5 Å². The lowest BCUT2D eigenvalue weighted by Gasteiger charge is -2.39. The molecular formula is C30H31F2NO3S. The van der Waals surface area contributed by atoms with Gasteiger partial charge in [-0.2, -0.15) is 0 Å². The van der Waals surface area contributed by atoms with Crippen LogP contribution in [0.1, 0.15) is 54.1 Å². The standard InChI is InChI=1S/C30H31F2NO3S/c1-30(37,36-25-9-5-8-24(31)15-25)23-12-10-20(11-13-23)17-33-18-22-14-27(32)28(16-26(22)29(33)34)35-19-21-6-3-2-4-7-21/h2-9,14-16,20,23,37H,10-13,17-19H2,1H3. The lowest BCUT2D eigenvalue weighted by molar-refractivity contribution is 0.0622. The predicted molar refractivity (Wildman–Crippen MR) is 142 cm³/mol. The van der Waals surface area contributed by atoms with Crippen LogP contribution in [0.25, 0.3) is 0 Å². The van der Waals surface area contributed by atoms with E-state index < -0.39 is 10.8 Å². The molecule has 0 N–H and O–H groups in total. The number of carbonyl (C=O) groups is 1. The van der Waals surface area contributed by atoms with E-state index >= 15 is 0 Å². The van der Waals surface area contributed by atoms with E-state index in [2.05, 4.69) is 0 Å². The Bertz CT molecular complexity index is 1260. The molecule has 0 saturated heterocycles. The quantitative estimate of drug-likeness (QED) is 0.254. The zero-order chi connectivity index (χ0) is 26.0. The highest BCUT2D eigenvalue weighted by atomic mass is 32.1. The molecule has 2 aliphatic rings. The highest BCUT2D eigenvalue weighted by Gasteiger charge is 2.38. The molecule has 1 aliphatic carbocycles. The highest BCUT2D eigenvalue weighted by molar-refractivity contribution is 7.81. The Morgan fingerprint density at radius 2 is 1.76 bits per heavy atom. The smallest absolute Gasteiger partial charge is 0.254 e. The molecule has 0 radical (unpaired) electrons. The number of rotatable bonds is 8. The van der Waals surface area contributed by atoms with E-state index in [4.69, 9.17) is 22.1 Å². The van der Waals surface area contributed by atoms with Crippen molar-refractivity contribution in [1.82, 2.24) is 4.90 Å². The fourth-order valence-corrected chi connectivity index (χ4v) is 5.77. The molecule has 0 spiro atoms. The van der Waals surface area contributed by atoms with Crippen LogP contribution in [0.15, 0.2) is 66.7 Å². The molecule has 1 atom stereocenters. The Morgan fingerprint density at radius 1 is 1.00 bits per heavy atom. The van der Waals surface area contributed by atoms with Gasteiger partial charge >= 0.3 is 0 Å². The Morgan fingerprint density at radius 3 is 2.49 bits per heavy atom. The van der Waals surface area contributed by atoms with Gasteiger partial charge in [0, 0.05) is 30.6 Å². The van der Waals surface area contributed by atoms with Gasteiger partial charge in [0.1, 0.15) is 18.2 Å². The third-order valence-electron chi connectivity index (χ3n) is 7.48. The van der Waals surface area contributed by atoms with E-state index in [1.54, 1.807) is 18.2 Å². The molecule has 7 heteroatoms. The predicted octanol–water partition coefficient (Wildman–Crippen LogP) is 7.03. The second-order valence-corrected chi connectivity index (χ2v) is 11.1. The summed E-state index contributed by atoms with van der Waals surface area (Å²) in [4.78, 5) is 14.3. The van der Waals surface area contributed by atoms with Crippen molar-refractivity contribution in [3.63, 3.8) is 0 Å². The van der Waals surface area contributed by atoms with Gasteiger partial charge in [0.2, 0.25) is 0 Å². The van der Waals surface area contributed by atoms with Crippen molar-refractivity contribution in [2.75, 3.05) is 6.54 Å². The summed E-state index contributed by atoms with van der Waals surface area (Å²) >= 11 is 4.77. The minimum Gasteiger partial charge on any atom is -0.486 e. The third-order valence-corrected chi connectivity index (χ3v) is 7.93. The van der Waals surface area contributed by atoms with Crippen molar-refractivity contribution in [3.05, 3.63) is 95.1 Å². The molecule has 37 heavy (non-hydrogen) atoms. The van der Waals surface area contributed by atoms with Gasteiger partial charge in [-0.05, 0) is 73.9 Å². The summed E-state index contributed by atoms with van der Waals surface area (Å²) in [6.07, 6.45) is 3.68. The van der Waals surface area contributed by atoms with Gasteiger partial charge in [0.05, 0.1) is 0 Å². The SMILES string of the molecule is CC(S)(Oc1cccc(F)c1)C1CCC(CN2Cc3cc(F)c(OCc4ccccc4)cc3C2=O)CC1. The molecule has 4 nitrogen and oxygen atoms in total. The monoisotopic (exact) mass is 523 g/mol. The first-order valence-electron chi connectivity index (χ1n) is 12.7. The summed E-state index contributed by atoms with van der Waals surface area (Å²) in [6, 6.07) is 18.6. The zero-order valence-corrected chi connectivity index (χ0v) is 21.7. The first-order valence-corrected chi connectivity index (χ1v) is 13.2. The summed E-state index contributed by atoms with van der Waals surface area (Å²) in [5.41, 5.74) is 2.16. The summed E-state index contributed by atoms with van der Waals surface area (Å²) in [5.74, 6) is 0.276. The minimum atomic E-state index is -0.716. The lowest BCUT2D eigenvalue weighted by Crippen LogP contribution is -2.39. The summed E-state index contributed by atoms with van der Waals surface area (Å²) < 4.78 is 40.0. The minimum absolute atomic E-state index is 0.0739. The van der Waals surface area contributed by atoms with E-state index in [0.717, 1.165) is 31.2 Å². The molecule has 1 aliphatic heterocycles. The van der Waals surface area contributed by atoms with Crippen LogP contribution < -0.4 is 9.47 Å². The number of benzene rings is 3. The number of fused-ring (bicyclic) bond motifs is 1. The van der Waals surface area contributed by atoms with Crippen molar-refractivity contribution >= 4 is 18.5 Å². The fourth-order valence-electron chi connectivity index (χ4n) is 5.41. The Balaban J connectivity index is 1.16. The largest absolute Gasteiger partial charge is 0.486 e. The molecule has 1 heterocycles. The number of amides is 1. The Hall–Kier alpha value is -3.06. The Labute approximate surface area is 222 Å². The van der Waals surface area contributed by atoms with Crippen LogP contribution in [0.2, 0.25) is 0 Å². The van der Waals surface area contributed by atoms with Crippen molar-refractivity contribution in [2.45, 2.75) is 50.7 Å².